The normalized spacial score (nSPS) is 11.8. The van der Waals surface area contributed by atoms with Gasteiger partial charge in [0.1, 0.15) is 0 Å². The minimum absolute atomic E-state index is 0.120. The predicted molar refractivity (Wildman–Crippen MR) is 51.7 cm³/mol. The molecule has 0 amide bonds. The molecule has 2 rings (SSSR count). The van der Waals surface area contributed by atoms with Gasteiger partial charge in [-0.15, -0.1) is 5.10 Å². The number of esters is 1. The van der Waals surface area contributed by atoms with E-state index >= 15 is 0 Å². The molecule has 18 heavy (non-hydrogen) atoms. The third kappa shape index (κ3) is 2.24. The average Bonchev–Trinajstić information content (AvgIpc) is 2.71. The van der Waals surface area contributed by atoms with E-state index in [4.69, 9.17) is 0 Å². The summed E-state index contributed by atoms with van der Waals surface area (Å²) in [7, 11) is 0. The number of hydrogen-bond donors (Lipinski definition) is 0. The second-order valence-corrected chi connectivity index (χ2v) is 3.21. The molecule has 0 aliphatic heterocycles. The number of alkyl halides is 3. The quantitative estimate of drug-likeness (QED) is 0.761. The monoisotopic (exact) mass is 260 g/mol. The third-order valence-corrected chi connectivity index (χ3v) is 1.95. The Morgan fingerprint density at radius 3 is 2.78 bits per heavy atom. The molecule has 0 unspecified atom stereocenters. The van der Waals surface area contributed by atoms with Crippen LogP contribution < -0.4 is 0 Å². The van der Waals surface area contributed by atoms with Crippen LogP contribution in [0.25, 0.3) is 5.78 Å². The number of nitrogens with zero attached hydrogens (tertiary/aromatic N) is 4. The van der Waals surface area contributed by atoms with E-state index in [1.54, 1.807) is 6.92 Å². The SMILES string of the molecule is CCOC(=O)c1ccn2nc(C(F)(F)F)nc2n1. The summed E-state index contributed by atoms with van der Waals surface area (Å²) >= 11 is 0. The molecule has 96 valence electrons. The van der Waals surface area contributed by atoms with Crippen LogP contribution in [-0.2, 0) is 10.9 Å². The van der Waals surface area contributed by atoms with E-state index < -0.39 is 18.0 Å². The highest BCUT2D eigenvalue weighted by molar-refractivity contribution is 5.87. The molecule has 0 spiro atoms. The lowest BCUT2D eigenvalue weighted by Crippen LogP contribution is -2.08. The lowest BCUT2D eigenvalue weighted by molar-refractivity contribution is -0.144. The Morgan fingerprint density at radius 1 is 1.44 bits per heavy atom. The van der Waals surface area contributed by atoms with Crippen LogP contribution in [0.15, 0.2) is 12.3 Å². The molecule has 0 radical (unpaired) electrons. The van der Waals surface area contributed by atoms with Gasteiger partial charge in [0.2, 0.25) is 0 Å². The first-order valence-corrected chi connectivity index (χ1v) is 4.89. The van der Waals surface area contributed by atoms with Crippen LogP contribution in [0.4, 0.5) is 13.2 Å². The van der Waals surface area contributed by atoms with E-state index in [2.05, 4.69) is 19.8 Å². The fourth-order valence-electron chi connectivity index (χ4n) is 1.22. The maximum absolute atomic E-state index is 12.3. The summed E-state index contributed by atoms with van der Waals surface area (Å²) in [4.78, 5) is 18.2. The van der Waals surface area contributed by atoms with Gasteiger partial charge in [-0.2, -0.15) is 18.2 Å². The molecule has 0 aliphatic rings. The van der Waals surface area contributed by atoms with Crippen LogP contribution in [-0.4, -0.2) is 32.2 Å². The molecule has 0 bridgehead atoms. The summed E-state index contributed by atoms with van der Waals surface area (Å²) < 4.78 is 42.6. The Bertz CT molecular complexity index is 593. The molecule has 2 aromatic heterocycles. The van der Waals surface area contributed by atoms with E-state index in [1.807, 2.05) is 0 Å². The molecule has 0 N–H and O–H groups in total. The molecule has 0 aliphatic carbocycles. The molecule has 0 saturated carbocycles. The van der Waals surface area contributed by atoms with Gasteiger partial charge < -0.3 is 4.74 Å². The zero-order valence-corrected chi connectivity index (χ0v) is 9.10. The van der Waals surface area contributed by atoms with Crippen molar-refractivity contribution in [1.29, 1.82) is 0 Å². The number of hydrogen-bond acceptors (Lipinski definition) is 5. The lowest BCUT2D eigenvalue weighted by Gasteiger charge is -1.99. The molecule has 9 heteroatoms. The number of aromatic nitrogens is 4. The van der Waals surface area contributed by atoms with Gasteiger partial charge in [0.15, 0.2) is 5.69 Å². The largest absolute Gasteiger partial charge is 0.461 e. The van der Waals surface area contributed by atoms with Gasteiger partial charge in [0, 0.05) is 6.20 Å². The van der Waals surface area contributed by atoms with Crippen molar-refractivity contribution in [2.45, 2.75) is 13.1 Å². The summed E-state index contributed by atoms with van der Waals surface area (Å²) in [5, 5.41) is 3.20. The number of carbonyl (C=O) groups is 1. The summed E-state index contributed by atoms with van der Waals surface area (Å²) in [5.41, 5.74) is -0.120. The Balaban J connectivity index is 2.43. The number of halogens is 3. The molecule has 0 atom stereocenters. The standard InChI is InChI=1S/C9H7F3N4O2/c1-2-18-6(17)5-3-4-16-8(13-5)14-7(15-16)9(10,11)12/h3-4H,2H2,1H3. The highest BCUT2D eigenvalue weighted by atomic mass is 19.4. The third-order valence-electron chi connectivity index (χ3n) is 1.95. The van der Waals surface area contributed by atoms with Crippen molar-refractivity contribution < 1.29 is 22.7 Å². The maximum atomic E-state index is 12.3. The number of carbonyl (C=O) groups excluding carboxylic acids is 1. The minimum Gasteiger partial charge on any atom is -0.461 e. The summed E-state index contributed by atoms with van der Waals surface area (Å²) in [5.74, 6) is -2.35. The molecule has 2 heterocycles. The molecule has 0 aromatic carbocycles. The van der Waals surface area contributed by atoms with Gasteiger partial charge >= 0.3 is 12.1 Å². The topological polar surface area (TPSA) is 69.4 Å². The Hall–Kier alpha value is -2.19. The average molecular weight is 260 g/mol. The van der Waals surface area contributed by atoms with Crippen molar-refractivity contribution in [2.75, 3.05) is 6.61 Å². The zero-order chi connectivity index (χ0) is 13.3. The van der Waals surface area contributed by atoms with Gasteiger partial charge in [-0.3, -0.25) is 0 Å². The smallest absolute Gasteiger partial charge is 0.453 e. The fraction of sp³-hybridized carbons (Fsp3) is 0.333. The van der Waals surface area contributed by atoms with E-state index in [1.165, 1.54) is 6.07 Å². The fourth-order valence-corrected chi connectivity index (χ4v) is 1.22. The summed E-state index contributed by atoms with van der Waals surface area (Å²) in [6.45, 7) is 1.75. The zero-order valence-electron chi connectivity index (χ0n) is 9.10. The Kier molecular flexibility index (Phi) is 2.89. The van der Waals surface area contributed by atoms with Crippen molar-refractivity contribution >= 4 is 11.7 Å². The Morgan fingerprint density at radius 2 is 2.17 bits per heavy atom. The predicted octanol–water partition coefficient (Wildman–Crippen LogP) is 1.32. The molecular formula is C9H7F3N4O2. The highest BCUT2D eigenvalue weighted by Gasteiger charge is 2.36. The summed E-state index contributed by atoms with van der Waals surface area (Å²) in [6, 6.07) is 1.21. The van der Waals surface area contributed by atoms with Crippen molar-refractivity contribution in [2.24, 2.45) is 0 Å². The van der Waals surface area contributed by atoms with Gasteiger partial charge in [-0.25, -0.2) is 14.3 Å². The number of fused-ring (bicyclic) bond motifs is 1. The van der Waals surface area contributed by atoms with E-state index in [9.17, 15) is 18.0 Å². The van der Waals surface area contributed by atoms with Gasteiger partial charge in [0.25, 0.3) is 11.6 Å². The maximum Gasteiger partial charge on any atom is 0.453 e. The van der Waals surface area contributed by atoms with Crippen molar-refractivity contribution in [1.82, 2.24) is 19.6 Å². The molecular weight excluding hydrogens is 253 g/mol. The van der Waals surface area contributed by atoms with Gasteiger partial charge in [-0.1, -0.05) is 0 Å². The van der Waals surface area contributed by atoms with Crippen LogP contribution in [0.3, 0.4) is 0 Å². The lowest BCUT2D eigenvalue weighted by atomic mass is 10.4. The van der Waals surface area contributed by atoms with E-state index in [-0.39, 0.29) is 18.1 Å². The highest BCUT2D eigenvalue weighted by Crippen LogP contribution is 2.26. The summed E-state index contributed by atoms with van der Waals surface area (Å²) in [6.07, 6.45) is -3.49. The first-order valence-electron chi connectivity index (χ1n) is 4.89. The first-order chi connectivity index (χ1) is 8.41. The van der Waals surface area contributed by atoms with E-state index in [0.29, 0.717) is 0 Å². The molecule has 2 aromatic rings. The molecule has 6 nitrogen and oxygen atoms in total. The van der Waals surface area contributed by atoms with Crippen molar-refractivity contribution in [3.63, 3.8) is 0 Å². The second kappa shape index (κ2) is 4.24. The van der Waals surface area contributed by atoms with Crippen LogP contribution in [0.5, 0.6) is 0 Å². The number of rotatable bonds is 2. The minimum atomic E-state index is -4.65. The van der Waals surface area contributed by atoms with Gasteiger partial charge in [-0.05, 0) is 13.0 Å². The van der Waals surface area contributed by atoms with E-state index in [0.717, 1.165) is 10.7 Å². The molecule has 0 fully saturated rings. The van der Waals surface area contributed by atoms with Crippen molar-refractivity contribution in [3.05, 3.63) is 23.8 Å². The second-order valence-electron chi connectivity index (χ2n) is 3.21. The van der Waals surface area contributed by atoms with Crippen LogP contribution in [0, 0.1) is 0 Å². The van der Waals surface area contributed by atoms with Crippen LogP contribution in [0.1, 0.15) is 23.2 Å². The van der Waals surface area contributed by atoms with Gasteiger partial charge in [0.05, 0.1) is 6.61 Å². The first kappa shape index (κ1) is 12.3. The van der Waals surface area contributed by atoms with Crippen LogP contribution in [0.2, 0.25) is 0 Å². The van der Waals surface area contributed by atoms with Crippen LogP contribution >= 0.6 is 0 Å². The number of ether oxygens (including phenoxy) is 1. The van der Waals surface area contributed by atoms with Crippen molar-refractivity contribution in [3.8, 4) is 0 Å². The Labute approximate surface area is 98.4 Å². The molecule has 0 saturated heterocycles.